The van der Waals surface area contributed by atoms with Gasteiger partial charge in [-0.25, -0.2) is 8.42 Å². The molecule has 1 atom stereocenters. The normalized spacial score (nSPS) is 22.1. The Kier molecular flexibility index (Phi) is 4.91. The molecule has 1 rings (SSSR count). The molecule has 0 bridgehead atoms. The van der Waals surface area contributed by atoms with Crippen LogP contribution >= 0.6 is 15.9 Å². The van der Waals surface area contributed by atoms with E-state index in [4.69, 9.17) is 0 Å². The van der Waals surface area contributed by atoms with Gasteiger partial charge in [-0.3, -0.25) is 0 Å². The summed E-state index contributed by atoms with van der Waals surface area (Å²) in [6.45, 7) is 1.98. The van der Waals surface area contributed by atoms with Crippen LogP contribution in [0, 0.1) is 5.92 Å². The summed E-state index contributed by atoms with van der Waals surface area (Å²) in [7, 11) is -2.82. The number of sulfone groups is 1. The summed E-state index contributed by atoms with van der Waals surface area (Å²) in [6.07, 6.45) is 5.16. The van der Waals surface area contributed by atoms with Gasteiger partial charge in [-0.05, 0) is 18.8 Å². The molecule has 0 radical (unpaired) electrons. The second kappa shape index (κ2) is 5.50. The van der Waals surface area contributed by atoms with Gasteiger partial charge in [-0.1, -0.05) is 42.1 Å². The lowest BCUT2D eigenvalue weighted by Gasteiger charge is -2.22. The zero-order chi connectivity index (χ0) is 10.6. The second-order valence-corrected chi connectivity index (χ2v) is 7.32. The number of hydrogen-bond acceptors (Lipinski definition) is 2. The van der Waals surface area contributed by atoms with Crippen LogP contribution in [0.25, 0.3) is 0 Å². The van der Waals surface area contributed by atoms with Gasteiger partial charge in [-0.15, -0.1) is 0 Å². The third-order valence-corrected chi connectivity index (χ3v) is 6.47. The van der Waals surface area contributed by atoms with Gasteiger partial charge in [0.1, 0.15) is 0 Å². The molecular weight excluding hydrogens is 264 g/mol. The maximum Gasteiger partial charge on any atom is 0.153 e. The molecule has 0 spiro atoms. The molecule has 4 heteroatoms. The van der Waals surface area contributed by atoms with Gasteiger partial charge in [0.25, 0.3) is 0 Å². The smallest absolute Gasteiger partial charge is 0.153 e. The van der Waals surface area contributed by atoms with Crippen molar-refractivity contribution in [3.8, 4) is 0 Å². The Morgan fingerprint density at radius 1 is 1.29 bits per heavy atom. The molecule has 0 amide bonds. The van der Waals surface area contributed by atoms with Gasteiger partial charge in [0, 0.05) is 5.33 Å². The highest BCUT2D eigenvalue weighted by Crippen LogP contribution is 2.25. The summed E-state index contributed by atoms with van der Waals surface area (Å²) in [5.41, 5.74) is 0. The zero-order valence-electron chi connectivity index (χ0n) is 8.71. The molecule has 1 aliphatic carbocycles. The van der Waals surface area contributed by atoms with Crippen LogP contribution in [0.3, 0.4) is 0 Å². The van der Waals surface area contributed by atoms with E-state index in [9.17, 15) is 8.42 Å². The molecule has 0 N–H and O–H groups in total. The van der Waals surface area contributed by atoms with Crippen LogP contribution in [0.2, 0.25) is 0 Å². The van der Waals surface area contributed by atoms with Gasteiger partial charge >= 0.3 is 0 Å². The molecule has 0 heterocycles. The molecular formula is C10H19BrO2S. The fraction of sp³-hybridized carbons (Fsp3) is 1.00. The highest BCUT2D eigenvalue weighted by molar-refractivity contribution is 9.09. The van der Waals surface area contributed by atoms with Crippen molar-refractivity contribution >= 4 is 25.8 Å². The highest BCUT2D eigenvalue weighted by Gasteiger charge is 2.28. The fourth-order valence-electron chi connectivity index (χ4n) is 2.00. The average molecular weight is 283 g/mol. The first-order valence-corrected chi connectivity index (χ1v) is 8.17. The molecule has 0 aromatic carbocycles. The van der Waals surface area contributed by atoms with Crippen molar-refractivity contribution in [3.05, 3.63) is 0 Å². The molecule has 0 aromatic rings. The number of alkyl halides is 1. The van der Waals surface area contributed by atoms with E-state index < -0.39 is 9.84 Å². The lowest BCUT2D eigenvalue weighted by molar-refractivity contribution is 0.480. The van der Waals surface area contributed by atoms with E-state index in [1.54, 1.807) is 0 Å². The van der Waals surface area contributed by atoms with Crippen molar-refractivity contribution in [2.75, 3.05) is 11.1 Å². The van der Waals surface area contributed by atoms with Crippen LogP contribution in [-0.4, -0.2) is 24.8 Å². The molecule has 0 aromatic heterocycles. The standard InChI is InChI=1S/C10H19BrO2S/c1-9(7-11)8-14(12,13)10-5-3-2-4-6-10/h9-10H,2-8H2,1H3. The van der Waals surface area contributed by atoms with Crippen molar-refractivity contribution < 1.29 is 8.42 Å². The van der Waals surface area contributed by atoms with Crippen molar-refractivity contribution in [1.82, 2.24) is 0 Å². The molecule has 84 valence electrons. The van der Waals surface area contributed by atoms with E-state index in [1.165, 1.54) is 6.42 Å². The Balaban J connectivity index is 2.54. The van der Waals surface area contributed by atoms with Gasteiger partial charge in [0.2, 0.25) is 0 Å². The van der Waals surface area contributed by atoms with Gasteiger partial charge in [0.05, 0.1) is 11.0 Å². The summed E-state index contributed by atoms with van der Waals surface area (Å²) in [5, 5.41) is 0.733. The van der Waals surface area contributed by atoms with Crippen LogP contribution in [-0.2, 0) is 9.84 Å². The minimum Gasteiger partial charge on any atom is -0.229 e. The van der Waals surface area contributed by atoms with Crippen LogP contribution in [0.1, 0.15) is 39.0 Å². The molecule has 2 nitrogen and oxygen atoms in total. The first-order valence-electron chi connectivity index (χ1n) is 5.34. The van der Waals surface area contributed by atoms with E-state index in [2.05, 4.69) is 15.9 Å². The fourth-order valence-corrected chi connectivity index (χ4v) is 4.77. The quantitative estimate of drug-likeness (QED) is 0.743. The Labute approximate surface area is 95.5 Å². The van der Waals surface area contributed by atoms with Crippen molar-refractivity contribution in [1.29, 1.82) is 0 Å². The third kappa shape index (κ3) is 3.54. The monoisotopic (exact) mass is 282 g/mol. The van der Waals surface area contributed by atoms with Gasteiger partial charge < -0.3 is 0 Å². The summed E-state index contributed by atoms with van der Waals surface area (Å²) >= 11 is 3.33. The first-order chi connectivity index (χ1) is 6.56. The average Bonchev–Trinajstić information content (AvgIpc) is 2.18. The Morgan fingerprint density at radius 3 is 2.36 bits per heavy atom. The van der Waals surface area contributed by atoms with E-state index in [0.29, 0.717) is 5.75 Å². The Bertz CT molecular complexity index is 255. The van der Waals surface area contributed by atoms with Crippen LogP contribution < -0.4 is 0 Å². The van der Waals surface area contributed by atoms with Crippen LogP contribution in [0.4, 0.5) is 0 Å². The SMILES string of the molecule is CC(CBr)CS(=O)(=O)C1CCCCC1. The van der Waals surface area contributed by atoms with Gasteiger partial charge in [0.15, 0.2) is 9.84 Å². The molecule has 0 aliphatic heterocycles. The summed E-state index contributed by atoms with van der Waals surface area (Å²) in [6, 6.07) is 0. The van der Waals surface area contributed by atoms with Crippen LogP contribution in [0.15, 0.2) is 0 Å². The minimum atomic E-state index is -2.82. The lowest BCUT2D eigenvalue weighted by atomic mass is 10.0. The Morgan fingerprint density at radius 2 is 1.86 bits per heavy atom. The molecule has 1 saturated carbocycles. The van der Waals surface area contributed by atoms with Crippen LogP contribution in [0.5, 0.6) is 0 Å². The van der Waals surface area contributed by atoms with E-state index in [1.807, 2.05) is 6.92 Å². The summed E-state index contributed by atoms with van der Waals surface area (Å²) in [5.74, 6) is 0.588. The molecule has 0 saturated heterocycles. The topological polar surface area (TPSA) is 34.1 Å². The highest BCUT2D eigenvalue weighted by atomic mass is 79.9. The maximum absolute atomic E-state index is 11.9. The molecule has 1 fully saturated rings. The lowest BCUT2D eigenvalue weighted by Crippen LogP contribution is -2.29. The summed E-state index contributed by atoms with van der Waals surface area (Å²) in [4.78, 5) is 0. The molecule has 1 unspecified atom stereocenters. The van der Waals surface area contributed by atoms with E-state index in [0.717, 1.165) is 31.0 Å². The predicted octanol–water partition coefficient (Wildman–Crippen LogP) is 2.76. The number of rotatable bonds is 4. The van der Waals surface area contributed by atoms with E-state index in [-0.39, 0.29) is 11.2 Å². The molecule has 14 heavy (non-hydrogen) atoms. The molecule has 1 aliphatic rings. The zero-order valence-corrected chi connectivity index (χ0v) is 11.1. The van der Waals surface area contributed by atoms with Crippen molar-refractivity contribution in [2.24, 2.45) is 5.92 Å². The number of halogens is 1. The van der Waals surface area contributed by atoms with Crippen molar-refractivity contribution in [3.63, 3.8) is 0 Å². The largest absolute Gasteiger partial charge is 0.229 e. The predicted molar refractivity (Wildman–Crippen MR) is 63.6 cm³/mol. The van der Waals surface area contributed by atoms with E-state index >= 15 is 0 Å². The van der Waals surface area contributed by atoms with Crippen molar-refractivity contribution in [2.45, 2.75) is 44.3 Å². The Hall–Kier alpha value is 0.430. The maximum atomic E-state index is 11.9. The number of hydrogen-bond donors (Lipinski definition) is 0. The second-order valence-electron chi connectivity index (χ2n) is 4.35. The van der Waals surface area contributed by atoms with Gasteiger partial charge in [-0.2, -0.15) is 0 Å². The first kappa shape index (κ1) is 12.5. The third-order valence-electron chi connectivity index (χ3n) is 2.84. The minimum absolute atomic E-state index is 0.0438. The summed E-state index contributed by atoms with van der Waals surface area (Å²) < 4.78 is 23.9.